The fourth-order valence-electron chi connectivity index (χ4n) is 2.39. The molecule has 2 aliphatic rings. The topological polar surface area (TPSA) is 69.2 Å². The minimum Gasteiger partial charge on any atom is -0.486 e. The summed E-state index contributed by atoms with van der Waals surface area (Å²) in [5.41, 5.74) is 1.00. The number of benzene rings is 1. The van der Waals surface area contributed by atoms with Crippen LogP contribution in [0.3, 0.4) is 0 Å². The first-order valence-corrected chi connectivity index (χ1v) is 7.89. The van der Waals surface area contributed by atoms with Gasteiger partial charge in [-0.15, -0.1) is 0 Å². The summed E-state index contributed by atoms with van der Waals surface area (Å²) in [6.45, 7) is 1.14. The smallest absolute Gasteiger partial charge is 0.167 e. The molecule has 6 heteroatoms. The zero-order valence-corrected chi connectivity index (χ0v) is 10.8. The van der Waals surface area contributed by atoms with Crippen molar-refractivity contribution in [2.24, 2.45) is 0 Å². The molecule has 1 fully saturated rings. The molecule has 0 spiro atoms. The first-order chi connectivity index (χ1) is 8.62. The second-order valence-electron chi connectivity index (χ2n) is 4.73. The standard InChI is InChI=1S/C12H15NO4S/c14-18(15)6-3-10(8-18)13-9-1-2-11-12(7-9)17-5-4-16-11/h1-2,7,10,13H,3-6,8H2/p+1. The molecular formula is C12H16NO4S+. The molecule has 5 nitrogen and oxygen atoms in total. The van der Waals surface area contributed by atoms with Gasteiger partial charge in [-0.1, -0.05) is 0 Å². The highest BCUT2D eigenvalue weighted by Gasteiger charge is 2.31. The Morgan fingerprint density at radius 2 is 1.94 bits per heavy atom. The lowest BCUT2D eigenvalue weighted by Crippen LogP contribution is -2.85. The summed E-state index contributed by atoms with van der Waals surface area (Å²) in [7, 11) is -2.82. The van der Waals surface area contributed by atoms with E-state index in [1.807, 2.05) is 23.5 Å². The molecule has 3 rings (SSSR count). The molecule has 2 aliphatic heterocycles. The Morgan fingerprint density at radius 3 is 2.67 bits per heavy atom. The number of rotatable bonds is 2. The molecule has 0 amide bonds. The Balaban J connectivity index is 1.74. The molecule has 0 bridgehead atoms. The summed E-state index contributed by atoms with van der Waals surface area (Å²) in [4.78, 5) is 0. The van der Waals surface area contributed by atoms with Gasteiger partial charge in [-0.2, -0.15) is 0 Å². The minimum absolute atomic E-state index is 0.123. The van der Waals surface area contributed by atoms with Gasteiger partial charge in [0, 0.05) is 18.6 Å². The molecule has 1 saturated heterocycles. The van der Waals surface area contributed by atoms with Crippen molar-refractivity contribution in [3.63, 3.8) is 0 Å². The van der Waals surface area contributed by atoms with Gasteiger partial charge < -0.3 is 14.8 Å². The number of quaternary nitrogens is 1. The van der Waals surface area contributed by atoms with E-state index in [0.29, 0.717) is 19.0 Å². The fraction of sp³-hybridized carbons (Fsp3) is 0.500. The van der Waals surface area contributed by atoms with Gasteiger partial charge in [-0.25, -0.2) is 8.42 Å². The lowest BCUT2D eigenvalue weighted by atomic mass is 10.2. The van der Waals surface area contributed by atoms with E-state index < -0.39 is 9.84 Å². The van der Waals surface area contributed by atoms with Crippen molar-refractivity contribution >= 4 is 15.5 Å². The van der Waals surface area contributed by atoms with E-state index in [9.17, 15) is 8.42 Å². The molecule has 1 aromatic rings. The summed E-state index contributed by atoms with van der Waals surface area (Å²) < 4.78 is 33.8. The van der Waals surface area contributed by atoms with Crippen LogP contribution in [-0.2, 0) is 9.84 Å². The van der Waals surface area contributed by atoms with Crippen molar-refractivity contribution in [1.82, 2.24) is 0 Å². The molecule has 0 aliphatic carbocycles. The van der Waals surface area contributed by atoms with Crippen molar-refractivity contribution < 1.29 is 23.2 Å². The number of hydrogen-bond acceptors (Lipinski definition) is 4. The van der Waals surface area contributed by atoms with E-state index in [1.165, 1.54) is 0 Å². The Kier molecular flexibility index (Phi) is 2.91. The molecule has 2 N–H and O–H groups in total. The van der Waals surface area contributed by atoms with E-state index in [4.69, 9.17) is 9.47 Å². The van der Waals surface area contributed by atoms with E-state index in [2.05, 4.69) is 0 Å². The Hall–Kier alpha value is -1.27. The normalized spacial score (nSPS) is 25.0. The van der Waals surface area contributed by atoms with Gasteiger partial charge in [0.1, 0.15) is 30.7 Å². The molecule has 1 unspecified atom stereocenters. The predicted octanol–water partition coefficient (Wildman–Crippen LogP) is -0.160. The highest BCUT2D eigenvalue weighted by Crippen LogP contribution is 2.31. The molecule has 0 radical (unpaired) electrons. The number of nitrogens with two attached hydrogens (primary N) is 1. The highest BCUT2D eigenvalue weighted by atomic mass is 32.2. The average molecular weight is 270 g/mol. The Morgan fingerprint density at radius 1 is 1.17 bits per heavy atom. The van der Waals surface area contributed by atoms with Crippen molar-refractivity contribution in [2.45, 2.75) is 12.5 Å². The maximum atomic E-state index is 11.4. The van der Waals surface area contributed by atoms with Crippen molar-refractivity contribution in [2.75, 3.05) is 24.7 Å². The van der Waals surface area contributed by atoms with Crippen molar-refractivity contribution in [3.05, 3.63) is 18.2 Å². The van der Waals surface area contributed by atoms with Gasteiger partial charge in [0.25, 0.3) is 0 Å². The second kappa shape index (κ2) is 4.44. The van der Waals surface area contributed by atoms with Crippen LogP contribution in [-0.4, -0.2) is 39.2 Å². The summed E-state index contributed by atoms with van der Waals surface area (Å²) in [5, 5.41) is 2.02. The highest BCUT2D eigenvalue weighted by molar-refractivity contribution is 7.91. The zero-order valence-electron chi connectivity index (χ0n) is 9.96. The molecule has 0 saturated carbocycles. The number of sulfone groups is 1. The predicted molar refractivity (Wildman–Crippen MR) is 66.1 cm³/mol. The number of ether oxygens (including phenoxy) is 2. The van der Waals surface area contributed by atoms with E-state index in [0.717, 1.165) is 23.6 Å². The maximum Gasteiger partial charge on any atom is 0.167 e. The number of hydrogen-bond donors (Lipinski definition) is 1. The molecule has 2 heterocycles. The van der Waals surface area contributed by atoms with Crippen LogP contribution in [0.4, 0.5) is 5.69 Å². The minimum atomic E-state index is -2.82. The third-order valence-electron chi connectivity index (χ3n) is 3.26. The van der Waals surface area contributed by atoms with Gasteiger partial charge in [0.15, 0.2) is 21.3 Å². The van der Waals surface area contributed by atoms with Gasteiger partial charge in [0.05, 0.1) is 5.75 Å². The zero-order chi connectivity index (χ0) is 12.6. The molecule has 1 aromatic carbocycles. The van der Waals surface area contributed by atoms with Crippen LogP contribution in [0, 0.1) is 0 Å². The monoisotopic (exact) mass is 270 g/mol. The summed E-state index contributed by atoms with van der Waals surface area (Å²) >= 11 is 0. The summed E-state index contributed by atoms with van der Waals surface area (Å²) in [5.74, 6) is 2.08. The maximum absolute atomic E-state index is 11.4. The van der Waals surface area contributed by atoms with Crippen LogP contribution in [0.25, 0.3) is 0 Å². The summed E-state index contributed by atoms with van der Waals surface area (Å²) in [6.07, 6.45) is 0.719. The number of fused-ring (bicyclic) bond motifs is 1. The molecule has 0 aromatic heterocycles. The van der Waals surface area contributed by atoms with Crippen molar-refractivity contribution in [3.8, 4) is 11.5 Å². The quantitative estimate of drug-likeness (QED) is 0.758. The SMILES string of the molecule is O=S1(=O)CCC([NH2+]c2ccc3c(c2)OCCO3)C1. The van der Waals surface area contributed by atoms with Crippen LogP contribution < -0.4 is 14.8 Å². The van der Waals surface area contributed by atoms with E-state index >= 15 is 0 Å². The van der Waals surface area contributed by atoms with E-state index in [-0.39, 0.29) is 11.8 Å². The van der Waals surface area contributed by atoms with Crippen LogP contribution in [0.5, 0.6) is 11.5 Å². The van der Waals surface area contributed by atoms with E-state index in [1.54, 1.807) is 0 Å². The van der Waals surface area contributed by atoms with Gasteiger partial charge in [-0.3, -0.25) is 0 Å². The molecule has 1 atom stereocenters. The van der Waals surface area contributed by atoms with Crippen LogP contribution in [0.2, 0.25) is 0 Å². The Labute approximate surface area is 106 Å². The fourth-order valence-corrected chi connectivity index (χ4v) is 4.13. The molecule has 98 valence electrons. The summed E-state index contributed by atoms with van der Waals surface area (Å²) in [6, 6.07) is 5.86. The van der Waals surface area contributed by atoms with Crippen LogP contribution in [0.1, 0.15) is 6.42 Å². The van der Waals surface area contributed by atoms with Gasteiger partial charge in [-0.05, 0) is 6.07 Å². The molecular weight excluding hydrogens is 254 g/mol. The molecule has 18 heavy (non-hydrogen) atoms. The van der Waals surface area contributed by atoms with Crippen LogP contribution >= 0.6 is 0 Å². The first-order valence-electron chi connectivity index (χ1n) is 6.07. The lowest BCUT2D eigenvalue weighted by Gasteiger charge is -2.18. The Bertz CT molecular complexity index is 555. The van der Waals surface area contributed by atoms with Crippen LogP contribution in [0.15, 0.2) is 18.2 Å². The third kappa shape index (κ3) is 2.44. The first kappa shape index (κ1) is 11.8. The second-order valence-corrected chi connectivity index (χ2v) is 6.96. The average Bonchev–Trinajstić information content (AvgIpc) is 2.68. The van der Waals surface area contributed by atoms with Gasteiger partial charge in [0.2, 0.25) is 0 Å². The van der Waals surface area contributed by atoms with Gasteiger partial charge >= 0.3 is 0 Å². The van der Waals surface area contributed by atoms with Crippen molar-refractivity contribution in [1.29, 1.82) is 0 Å². The largest absolute Gasteiger partial charge is 0.486 e. The lowest BCUT2D eigenvalue weighted by molar-refractivity contribution is -0.605. The third-order valence-corrected chi connectivity index (χ3v) is 5.06.